The summed E-state index contributed by atoms with van der Waals surface area (Å²) >= 11 is 1.66. The van der Waals surface area contributed by atoms with Crippen molar-refractivity contribution >= 4 is 17.3 Å². The Morgan fingerprint density at radius 3 is 2.65 bits per heavy atom. The summed E-state index contributed by atoms with van der Waals surface area (Å²) in [5.41, 5.74) is 0.924. The van der Waals surface area contributed by atoms with Crippen LogP contribution in [0.1, 0.15) is 41.6 Å². The van der Waals surface area contributed by atoms with Crippen LogP contribution in [0.25, 0.3) is 0 Å². The number of aliphatic imine (C=N–C) groups is 1. The van der Waals surface area contributed by atoms with Gasteiger partial charge >= 0.3 is 6.18 Å². The van der Waals surface area contributed by atoms with Gasteiger partial charge in [0.1, 0.15) is 0 Å². The van der Waals surface area contributed by atoms with Crippen LogP contribution in [0.4, 0.5) is 13.2 Å². The van der Waals surface area contributed by atoms with Crippen LogP contribution >= 0.6 is 11.3 Å². The monoisotopic (exact) mass is 384 g/mol. The van der Waals surface area contributed by atoms with E-state index in [1.807, 2.05) is 0 Å². The van der Waals surface area contributed by atoms with Crippen LogP contribution in [0.5, 0.6) is 0 Å². The Labute approximate surface area is 155 Å². The Hall–Kier alpha value is -2.09. The molecule has 1 aromatic carbocycles. The normalized spacial score (nSPS) is 12.5. The number of nitrogens with one attached hydrogen (secondary N) is 2. The highest BCUT2D eigenvalue weighted by atomic mass is 32.1. The van der Waals surface area contributed by atoms with E-state index in [0.717, 1.165) is 29.3 Å². The zero-order chi connectivity index (χ0) is 19.2. The molecule has 0 amide bonds. The van der Waals surface area contributed by atoms with Gasteiger partial charge in [-0.1, -0.05) is 26.0 Å². The van der Waals surface area contributed by atoms with Crippen LogP contribution < -0.4 is 10.6 Å². The molecule has 1 aromatic heterocycles. The molecule has 8 heteroatoms. The molecule has 0 atom stereocenters. The standard InChI is InChI=1S/C18H23F3N4S/c1-12(2)16-25-15(11-26-16)7-8-23-17(22-3)24-10-13-5-4-6-14(9-13)18(19,20)21/h4-6,9,11-12H,7-8,10H2,1-3H3,(H2,22,23,24). The van der Waals surface area contributed by atoms with Crippen molar-refractivity contribution in [3.63, 3.8) is 0 Å². The first-order valence-corrected chi connectivity index (χ1v) is 9.22. The van der Waals surface area contributed by atoms with Gasteiger partial charge in [0.05, 0.1) is 16.3 Å². The first-order valence-electron chi connectivity index (χ1n) is 8.34. The van der Waals surface area contributed by atoms with Gasteiger partial charge in [0, 0.05) is 37.9 Å². The number of nitrogens with zero attached hydrogens (tertiary/aromatic N) is 2. The number of benzene rings is 1. The molecule has 0 saturated heterocycles. The number of hydrogen-bond donors (Lipinski definition) is 2. The minimum absolute atomic E-state index is 0.262. The summed E-state index contributed by atoms with van der Waals surface area (Å²) in [7, 11) is 1.63. The molecule has 2 N–H and O–H groups in total. The Morgan fingerprint density at radius 2 is 2.04 bits per heavy atom. The first-order chi connectivity index (χ1) is 12.3. The third-order valence-corrected chi connectivity index (χ3v) is 4.87. The van der Waals surface area contributed by atoms with E-state index in [-0.39, 0.29) is 6.54 Å². The molecule has 0 fully saturated rings. The van der Waals surface area contributed by atoms with Crippen LogP contribution in [-0.4, -0.2) is 24.5 Å². The minimum atomic E-state index is -4.34. The highest BCUT2D eigenvalue weighted by Crippen LogP contribution is 2.29. The molecule has 0 aliphatic carbocycles. The van der Waals surface area contributed by atoms with Crippen LogP contribution in [0.15, 0.2) is 34.6 Å². The van der Waals surface area contributed by atoms with Crippen molar-refractivity contribution in [1.82, 2.24) is 15.6 Å². The lowest BCUT2D eigenvalue weighted by Crippen LogP contribution is -2.37. The van der Waals surface area contributed by atoms with Crippen molar-refractivity contribution in [2.75, 3.05) is 13.6 Å². The van der Waals surface area contributed by atoms with E-state index >= 15 is 0 Å². The summed E-state index contributed by atoms with van der Waals surface area (Å²) in [5, 5.41) is 9.35. The number of halogens is 3. The van der Waals surface area contributed by atoms with Gasteiger partial charge in [-0.2, -0.15) is 13.2 Å². The first kappa shape index (κ1) is 20.2. The lowest BCUT2D eigenvalue weighted by molar-refractivity contribution is -0.137. The molecule has 0 radical (unpaired) electrons. The maximum atomic E-state index is 12.8. The molecule has 2 rings (SSSR count). The van der Waals surface area contributed by atoms with E-state index in [9.17, 15) is 13.2 Å². The second-order valence-corrected chi connectivity index (χ2v) is 7.02. The number of thiazole rings is 1. The molecule has 2 aromatic rings. The van der Waals surface area contributed by atoms with Crippen molar-refractivity contribution in [2.45, 2.75) is 38.9 Å². The minimum Gasteiger partial charge on any atom is -0.356 e. The summed E-state index contributed by atoms with van der Waals surface area (Å²) in [6.45, 7) is 5.13. The third kappa shape index (κ3) is 6.01. The quantitative estimate of drug-likeness (QED) is 0.580. The van der Waals surface area contributed by atoms with Gasteiger partial charge in [0.15, 0.2) is 5.96 Å². The fraction of sp³-hybridized carbons (Fsp3) is 0.444. The SMILES string of the molecule is CN=C(NCCc1csc(C(C)C)n1)NCc1cccc(C(F)(F)F)c1. The topological polar surface area (TPSA) is 49.3 Å². The van der Waals surface area contributed by atoms with Gasteiger partial charge in [-0.15, -0.1) is 11.3 Å². The van der Waals surface area contributed by atoms with Gasteiger partial charge < -0.3 is 10.6 Å². The van der Waals surface area contributed by atoms with E-state index in [1.54, 1.807) is 24.5 Å². The van der Waals surface area contributed by atoms with Crippen molar-refractivity contribution < 1.29 is 13.2 Å². The third-order valence-electron chi connectivity index (χ3n) is 3.67. The molecule has 142 valence electrons. The number of alkyl halides is 3. The lowest BCUT2D eigenvalue weighted by atomic mass is 10.1. The van der Waals surface area contributed by atoms with Gasteiger partial charge in [-0.05, 0) is 17.7 Å². The highest BCUT2D eigenvalue weighted by Gasteiger charge is 2.30. The Bertz CT molecular complexity index is 738. The molecule has 0 bridgehead atoms. The second-order valence-electron chi connectivity index (χ2n) is 6.13. The van der Waals surface area contributed by atoms with Crippen LogP contribution in [0.2, 0.25) is 0 Å². The average molecular weight is 384 g/mol. The molecule has 0 aliphatic heterocycles. The number of rotatable bonds is 6. The van der Waals surface area contributed by atoms with Gasteiger partial charge in [-0.3, -0.25) is 4.99 Å². The molecule has 0 aliphatic rings. The molecule has 26 heavy (non-hydrogen) atoms. The van der Waals surface area contributed by atoms with E-state index < -0.39 is 11.7 Å². The number of hydrogen-bond acceptors (Lipinski definition) is 3. The molecule has 0 saturated carbocycles. The van der Waals surface area contributed by atoms with Crippen molar-refractivity contribution in [2.24, 2.45) is 4.99 Å². The van der Waals surface area contributed by atoms with E-state index in [2.05, 4.69) is 39.8 Å². The lowest BCUT2D eigenvalue weighted by Gasteiger charge is -2.13. The smallest absolute Gasteiger partial charge is 0.356 e. The van der Waals surface area contributed by atoms with Gasteiger partial charge in [0.2, 0.25) is 0 Å². The van der Waals surface area contributed by atoms with Crippen LogP contribution in [0.3, 0.4) is 0 Å². The summed E-state index contributed by atoms with van der Waals surface area (Å²) in [6, 6.07) is 5.27. The van der Waals surface area contributed by atoms with E-state index in [0.29, 0.717) is 24.0 Å². The second kappa shape index (κ2) is 9.02. The maximum Gasteiger partial charge on any atom is 0.416 e. The summed E-state index contributed by atoms with van der Waals surface area (Å²) in [6.07, 6.45) is -3.58. The summed E-state index contributed by atoms with van der Waals surface area (Å²) in [4.78, 5) is 8.66. The van der Waals surface area contributed by atoms with Crippen molar-refractivity contribution in [3.8, 4) is 0 Å². The number of aromatic nitrogens is 1. The highest BCUT2D eigenvalue weighted by molar-refractivity contribution is 7.09. The predicted octanol–water partition coefficient (Wildman–Crippen LogP) is 4.19. The van der Waals surface area contributed by atoms with Gasteiger partial charge in [0.25, 0.3) is 0 Å². The zero-order valence-electron chi connectivity index (χ0n) is 15.0. The summed E-state index contributed by atoms with van der Waals surface area (Å²) in [5.74, 6) is 0.963. The average Bonchev–Trinajstić information content (AvgIpc) is 3.06. The fourth-order valence-electron chi connectivity index (χ4n) is 2.28. The summed E-state index contributed by atoms with van der Waals surface area (Å²) < 4.78 is 38.3. The molecule has 1 heterocycles. The molecular weight excluding hydrogens is 361 g/mol. The molecular formula is C18H23F3N4S. The number of guanidine groups is 1. The molecule has 0 unspecified atom stereocenters. The Balaban J connectivity index is 1.82. The largest absolute Gasteiger partial charge is 0.416 e. The van der Waals surface area contributed by atoms with Crippen molar-refractivity contribution in [1.29, 1.82) is 0 Å². The zero-order valence-corrected chi connectivity index (χ0v) is 15.8. The van der Waals surface area contributed by atoms with Gasteiger partial charge in [-0.25, -0.2) is 4.98 Å². The Morgan fingerprint density at radius 1 is 1.27 bits per heavy atom. The fourth-order valence-corrected chi connectivity index (χ4v) is 3.15. The van der Waals surface area contributed by atoms with E-state index in [1.165, 1.54) is 6.07 Å². The van der Waals surface area contributed by atoms with E-state index in [4.69, 9.17) is 0 Å². The maximum absolute atomic E-state index is 12.8. The molecule has 4 nitrogen and oxygen atoms in total. The van der Waals surface area contributed by atoms with Crippen molar-refractivity contribution in [3.05, 3.63) is 51.5 Å². The van der Waals surface area contributed by atoms with Crippen LogP contribution in [-0.2, 0) is 19.1 Å². The Kier molecular flexibility index (Phi) is 7.02. The van der Waals surface area contributed by atoms with Crippen LogP contribution in [0, 0.1) is 0 Å². The predicted molar refractivity (Wildman–Crippen MR) is 99.6 cm³/mol. The molecule has 0 spiro atoms.